The Morgan fingerprint density at radius 1 is 1.03 bits per heavy atom. The highest BCUT2D eigenvalue weighted by atomic mass is 32.1. The maximum atomic E-state index is 13.1. The Morgan fingerprint density at radius 3 is 2.65 bits per heavy atom. The summed E-state index contributed by atoms with van der Waals surface area (Å²) in [6, 6.07) is 17.7. The average Bonchev–Trinajstić information content (AvgIpc) is 3.57. The van der Waals surface area contributed by atoms with Crippen LogP contribution >= 0.6 is 11.3 Å². The first kappa shape index (κ1) is 22.4. The lowest BCUT2D eigenvalue weighted by Gasteiger charge is -2.27. The molecule has 1 aliphatic carbocycles. The largest absolute Gasteiger partial charge is 0.378 e. The van der Waals surface area contributed by atoms with E-state index in [1.807, 2.05) is 36.4 Å². The van der Waals surface area contributed by atoms with Gasteiger partial charge in [-0.25, -0.2) is 4.98 Å². The van der Waals surface area contributed by atoms with Gasteiger partial charge in [-0.05, 0) is 43.2 Å². The Labute approximate surface area is 216 Å². The Hall–Kier alpha value is -3.79. The molecule has 37 heavy (non-hydrogen) atoms. The zero-order valence-electron chi connectivity index (χ0n) is 20.1. The Balaban J connectivity index is 1.37. The molecule has 0 unspecified atom stereocenters. The SMILES string of the molecule is NC1(C(=O)Nc2ccc3sc4c(-c5cccn6c(=O)cc(N7CCOCC7)nc56)cccc4c3c2)CC1. The number of amides is 1. The van der Waals surface area contributed by atoms with E-state index in [9.17, 15) is 9.59 Å². The number of nitrogens with two attached hydrogens (primary N) is 1. The van der Waals surface area contributed by atoms with Crippen molar-refractivity contribution in [2.45, 2.75) is 18.4 Å². The summed E-state index contributed by atoms with van der Waals surface area (Å²) in [5, 5.41) is 5.15. The van der Waals surface area contributed by atoms with E-state index in [1.165, 1.54) is 0 Å². The van der Waals surface area contributed by atoms with Gasteiger partial charge in [0.2, 0.25) is 5.91 Å². The van der Waals surface area contributed by atoms with Crippen molar-refractivity contribution in [2.24, 2.45) is 5.73 Å². The topological polar surface area (TPSA) is 102 Å². The van der Waals surface area contributed by atoms with Crippen molar-refractivity contribution < 1.29 is 9.53 Å². The van der Waals surface area contributed by atoms with Crippen LogP contribution in [-0.4, -0.2) is 47.1 Å². The number of ether oxygens (including phenoxy) is 1. The fourth-order valence-corrected chi connectivity index (χ4v) is 6.19. The molecule has 1 aliphatic heterocycles. The van der Waals surface area contributed by atoms with E-state index in [1.54, 1.807) is 28.0 Å². The van der Waals surface area contributed by atoms with E-state index < -0.39 is 5.54 Å². The molecule has 0 radical (unpaired) electrons. The van der Waals surface area contributed by atoms with Gasteiger partial charge in [-0.1, -0.05) is 18.2 Å². The number of carbonyl (C=O) groups excluding carboxylic acids is 1. The normalized spacial score (nSPS) is 16.9. The van der Waals surface area contributed by atoms with Gasteiger partial charge in [0, 0.05) is 62.3 Å². The van der Waals surface area contributed by atoms with E-state index in [0.29, 0.717) is 37.8 Å². The third-order valence-corrected chi connectivity index (χ3v) is 8.52. The number of aromatic nitrogens is 2. The molecule has 186 valence electrons. The molecule has 4 heterocycles. The van der Waals surface area contributed by atoms with Crippen LogP contribution in [0.15, 0.2) is 65.6 Å². The number of nitrogens with zero attached hydrogens (tertiary/aromatic N) is 3. The highest BCUT2D eigenvalue weighted by Gasteiger charge is 2.45. The Bertz CT molecular complexity index is 1770. The maximum absolute atomic E-state index is 13.1. The van der Waals surface area contributed by atoms with E-state index in [4.69, 9.17) is 15.5 Å². The van der Waals surface area contributed by atoms with Crippen LogP contribution in [0, 0.1) is 0 Å². The zero-order chi connectivity index (χ0) is 25.1. The van der Waals surface area contributed by atoms with Crippen molar-refractivity contribution in [1.29, 1.82) is 0 Å². The average molecular weight is 512 g/mol. The van der Waals surface area contributed by atoms with Gasteiger partial charge in [-0.2, -0.15) is 0 Å². The highest BCUT2D eigenvalue weighted by molar-refractivity contribution is 7.26. The summed E-state index contributed by atoms with van der Waals surface area (Å²) >= 11 is 1.69. The van der Waals surface area contributed by atoms with Crippen molar-refractivity contribution in [1.82, 2.24) is 9.38 Å². The minimum atomic E-state index is -0.724. The molecule has 3 aromatic heterocycles. The molecule has 1 amide bonds. The molecular weight excluding hydrogens is 486 g/mol. The van der Waals surface area contributed by atoms with Crippen LogP contribution in [-0.2, 0) is 9.53 Å². The lowest BCUT2D eigenvalue weighted by Crippen LogP contribution is -2.37. The number of hydrogen-bond donors (Lipinski definition) is 2. The molecular formula is C28H25N5O3S. The summed E-state index contributed by atoms with van der Waals surface area (Å²) in [5.41, 5.74) is 8.54. The molecule has 2 aliphatic rings. The lowest BCUT2D eigenvalue weighted by molar-refractivity contribution is -0.118. The van der Waals surface area contributed by atoms with Gasteiger partial charge in [0.1, 0.15) is 11.5 Å². The van der Waals surface area contributed by atoms with Crippen molar-refractivity contribution >= 4 is 54.6 Å². The first-order chi connectivity index (χ1) is 18.0. The number of nitrogens with one attached hydrogen (secondary N) is 1. The van der Waals surface area contributed by atoms with Gasteiger partial charge in [0.15, 0.2) is 0 Å². The van der Waals surface area contributed by atoms with E-state index in [0.717, 1.165) is 49.8 Å². The Kier molecular flexibility index (Phi) is 5.07. The molecule has 8 nitrogen and oxygen atoms in total. The standard InChI is InChI=1S/C28H25N5O3S/c29-28(8-9-28)27(35)30-17-6-7-22-21(15-17)19-4-1-3-18(25(19)37-22)20-5-2-10-33-24(34)16-23(31-26(20)33)32-11-13-36-14-12-32/h1-7,10,15-16H,8-9,11-14,29H2,(H,30,35). The second-order valence-electron chi connectivity index (χ2n) is 9.77. The summed E-state index contributed by atoms with van der Waals surface area (Å²) in [4.78, 5) is 32.6. The van der Waals surface area contributed by atoms with Crippen molar-refractivity contribution in [3.63, 3.8) is 0 Å². The quantitative estimate of drug-likeness (QED) is 0.378. The third-order valence-electron chi connectivity index (χ3n) is 7.30. The molecule has 9 heteroatoms. The van der Waals surface area contributed by atoms with Crippen LogP contribution in [0.2, 0.25) is 0 Å². The predicted molar refractivity (Wildman–Crippen MR) is 148 cm³/mol. The van der Waals surface area contributed by atoms with Crippen LogP contribution in [0.5, 0.6) is 0 Å². The second-order valence-corrected chi connectivity index (χ2v) is 10.8. The molecule has 2 fully saturated rings. The van der Waals surface area contributed by atoms with Crippen LogP contribution < -0.4 is 21.5 Å². The molecule has 7 rings (SSSR count). The number of fused-ring (bicyclic) bond motifs is 4. The maximum Gasteiger partial charge on any atom is 0.259 e. The molecule has 2 aromatic carbocycles. The number of morpholine rings is 1. The van der Waals surface area contributed by atoms with E-state index in [2.05, 4.69) is 22.3 Å². The minimum absolute atomic E-state index is 0.106. The number of carbonyl (C=O) groups is 1. The van der Waals surface area contributed by atoms with Gasteiger partial charge in [0.05, 0.1) is 18.8 Å². The van der Waals surface area contributed by atoms with E-state index >= 15 is 0 Å². The van der Waals surface area contributed by atoms with Gasteiger partial charge in [0.25, 0.3) is 5.56 Å². The molecule has 5 aromatic rings. The molecule has 0 bridgehead atoms. The summed E-state index contributed by atoms with van der Waals surface area (Å²) in [6.45, 7) is 2.67. The van der Waals surface area contributed by atoms with Gasteiger partial charge < -0.3 is 20.7 Å². The fraction of sp³-hybridized carbons (Fsp3) is 0.250. The number of anilines is 2. The molecule has 3 N–H and O–H groups in total. The number of pyridine rings is 1. The van der Waals surface area contributed by atoms with Crippen LogP contribution in [0.3, 0.4) is 0 Å². The van der Waals surface area contributed by atoms with Crippen LogP contribution in [0.25, 0.3) is 36.9 Å². The van der Waals surface area contributed by atoms with Crippen LogP contribution in [0.1, 0.15) is 12.8 Å². The number of hydrogen-bond acceptors (Lipinski definition) is 7. The van der Waals surface area contributed by atoms with Gasteiger partial charge in [-0.3, -0.25) is 14.0 Å². The lowest BCUT2D eigenvalue weighted by atomic mass is 10.0. The Morgan fingerprint density at radius 2 is 1.84 bits per heavy atom. The van der Waals surface area contributed by atoms with Crippen molar-refractivity contribution in [3.05, 3.63) is 71.1 Å². The minimum Gasteiger partial charge on any atom is -0.378 e. The van der Waals surface area contributed by atoms with Crippen molar-refractivity contribution in [3.8, 4) is 11.1 Å². The summed E-state index contributed by atoms with van der Waals surface area (Å²) in [7, 11) is 0. The van der Waals surface area contributed by atoms with Crippen molar-refractivity contribution in [2.75, 3.05) is 36.5 Å². The number of thiophene rings is 1. The fourth-order valence-electron chi connectivity index (χ4n) is 4.98. The van der Waals surface area contributed by atoms with Crippen LogP contribution in [0.4, 0.5) is 11.5 Å². The molecule has 1 saturated heterocycles. The summed E-state index contributed by atoms with van der Waals surface area (Å²) in [5.74, 6) is 0.549. The third kappa shape index (κ3) is 3.78. The first-order valence-corrected chi connectivity index (χ1v) is 13.2. The smallest absolute Gasteiger partial charge is 0.259 e. The predicted octanol–water partition coefficient (Wildman–Crippen LogP) is 4.00. The second kappa shape index (κ2) is 8.37. The monoisotopic (exact) mass is 511 g/mol. The number of benzene rings is 2. The summed E-state index contributed by atoms with van der Waals surface area (Å²) in [6.07, 6.45) is 3.21. The molecule has 1 saturated carbocycles. The zero-order valence-corrected chi connectivity index (χ0v) is 20.9. The van der Waals surface area contributed by atoms with E-state index in [-0.39, 0.29) is 11.5 Å². The summed E-state index contributed by atoms with van der Waals surface area (Å²) < 4.78 is 9.32. The number of rotatable bonds is 4. The molecule has 0 atom stereocenters. The molecule has 0 spiro atoms. The van der Waals surface area contributed by atoms with Gasteiger partial charge in [-0.15, -0.1) is 11.3 Å². The first-order valence-electron chi connectivity index (χ1n) is 12.4. The highest BCUT2D eigenvalue weighted by Crippen LogP contribution is 2.42. The van der Waals surface area contributed by atoms with Gasteiger partial charge >= 0.3 is 0 Å².